The molecule has 0 unspecified atom stereocenters. The molecule has 0 radical (unpaired) electrons. The summed E-state index contributed by atoms with van der Waals surface area (Å²) in [5.74, 6) is -0.254. The van der Waals surface area contributed by atoms with Crippen molar-refractivity contribution in [1.82, 2.24) is 4.98 Å². The summed E-state index contributed by atoms with van der Waals surface area (Å²) >= 11 is 4.62. The average molecular weight is 454 g/mol. The van der Waals surface area contributed by atoms with Crippen molar-refractivity contribution in [3.8, 4) is 0 Å². The molecule has 0 saturated heterocycles. The largest absolute Gasteiger partial charge is 0.302 e. The Morgan fingerprint density at radius 1 is 1.15 bits per heavy atom. The number of nitrogens with zero attached hydrogens (tertiary/aromatic N) is 1. The van der Waals surface area contributed by atoms with Crippen LogP contribution in [-0.4, -0.2) is 19.3 Å². The minimum Gasteiger partial charge on any atom is -0.302 e. The van der Waals surface area contributed by atoms with Gasteiger partial charge in [-0.25, -0.2) is 13.4 Å². The molecule has 2 N–H and O–H groups in total. The number of hydrogen-bond acceptors (Lipinski definition) is 5. The summed E-state index contributed by atoms with van der Waals surface area (Å²) in [5, 5.41) is 3.25. The van der Waals surface area contributed by atoms with E-state index in [0.29, 0.717) is 16.3 Å². The lowest BCUT2D eigenvalue weighted by molar-refractivity contribution is -0.118. The predicted octanol–water partition coefficient (Wildman–Crippen LogP) is 4.45. The van der Waals surface area contributed by atoms with Crippen LogP contribution in [0.4, 0.5) is 10.8 Å². The minimum atomic E-state index is -3.69. The van der Waals surface area contributed by atoms with Gasteiger partial charge in [-0.15, -0.1) is 0 Å². The topological polar surface area (TPSA) is 88.2 Å². The van der Waals surface area contributed by atoms with E-state index >= 15 is 0 Å². The van der Waals surface area contributed by atoms with E-state index in [0.717, 1.165) is 9.17 Å². The molecular formula is C17H16BrN3O3S2. The molecule has 0 aliphatic heterocycles. The third-order valence-electron chi connectivity index (χ3n) is 3.52. The van der Waals surface area contributed by atoms with Crippen LogP contribution in [0, 0.1) is 5.92 Å². The number of carbonyl (C=O) groups excluding carboxylic acids is 1. The highest BCUT2D eigenvalue weighted by Crippen LogP contribution is 2.29. The van der Waals surface area contributed by atoms with Crippen molar-refractivity contribution >= 4 is 64.2 Å². The van der Waals surface area contributed by atoms with Crippen LogP contribution in [0.1, 0.15) is 13.8 Å². The number of benzene rings is 2. The molecule has 3 aromatic rings. The molecule has 1 heterocycles. The van der Waals surface area contributed by atoms with E-state index in [9.17, 15) is 13.2 Å². The average Bonchev–Trinajstić information content (AvgIpc) is 2.96. The number of fused-ring (bicyclic) bond motifs is 1. The van der Waals surface area contributed by atoms with E-state index in [4.69, 9.17) is 0 Å². The Balaban J connectivity index is 1.84. The molecule has 6 nitrogen and oxygen atoms in total. The van der Waals surface area contributed by atoms with Crippen LogP contribution in [0.5, 0.6) is 0 Å². The Labute approximate surface area is 163 Å². The zero-order valence-electron chi connectivity index (χ0n) is 14.0. The summed E-state index contributed by atoms with van der Waals surface area (Å²) in [7, 11) is -3.69. The van der Waals surface area contributed by atoms with Crippen LogP contribution in [0.2, 0.25) is 0 Å². The molecule has 0 saturated carbocycles. The first kappa shape index (κ1) is 18.8. The molecule has 0 bridgehead atoms. The van der Waals surface area contributed by atoms with Crippen molar-refractivity contribution in [3.63, 3.8) is 0 Å². The van der Waals surface area contributed by atoms with Gasteiger partial charge in [-0.2, -0.15) is 0 Å². The van der Waals surface area contributed by atoms with Gasteiger partial charge in [0.1, 0.15) is 0 Å². The van der Waals surface area contributed by atoms with Crippen molar-refractivity contribution in [1.29, 1.82) is 0 Å². The molecule has 0 aliphatic carbocycles. The second kappa shape index (κ2) is 7.34. The van der Waals surface area contributed by atoms with E-state index < -0.39 is 10.0 Å². The molecule has 26 heavy (non-hydrogen) atoms. The molecule has 1 aromatic heterocycles. The number of carbonyl (C=O) groups is 1. The number of thiazole rings is 1. The number of rotatable bonds is 5. The zero-order chi connectivity index (χ0) is 18.9. The monoisotopic (exact) mass is 453 g/mol. The highest BCUT2D eigenvalue weighted by molar-refractivity contribution is 9.10. The smallest absolute Gasteiger partial charge is 0.261 e. The minimum absolute atomic E-state index is 0.111. The maximum Gasteiger partial charge on any atom is 0.261 e. The fourth-order valence-corrected chi connectivity index (χ4v) is 4.28. The molecule has 2 aromatic carbocycles. The normalized spacial score (nSPS) is 11.7. The Hall–Kier alpha value is -1.97. The van der Waals surface area contributed by atoms with Crippen molar-refractivity contribution in [2.75, 3.05) is 10.0 Å². The third-order valence-corrected chi connectivity index (χ3v) is 6.40. The van der Waals surface area contributed by atoms with Crippen molar-refractivity contribution in [3.05, 3.63) is 46.9 Å². The summed E-state index contributed by atoms with van der Waals surface area (Å²) < 4.78 is 29.2. The summed E-state index contributed by atoms with van der Waals surface area (Å²) in [6.45, 7) is 3.61. The van der Waals surface area contributed by atoms with Gasteiger partial charge >= 0.3 is 0 Å². The quantitative estimate of drug-likeness (QED) is 0.596. The summed E-state index contributed by atoms with van der Waals surface area (Å²) in [6, 6.07) is 11.5. The highest BCUT2D eigenvalue weighted by atomic mass is 79.9. The first-order chi connectivity index (χ1) is 12.2. The Morgan fingerprint density at radius 3 is 2.50 bits per heavy atom. The lowest BCUT2D eigenvalue weighted by atomic mass is 10.2. The standard InChI is InChI=1S/C17H16BrN3O3S2/c1-10(2)16(22)20-17-19-14-9-12(5-8-15(14)25-17)21-26(23,24)13-6-3-11(18)4-7-13/h3-10,21H,1-2H3,(H,19,20,22). The van der Waals surface area contributed by atoms with Crippen LogP contribution in [-0.2, 0) is 14.8 Å². The van der Waals surface area contributed by atoms with Crippen LogP contribution in [0.15, 0.2) is 51.8 Å². The SMILES string of the molecule is CC(C)C(=O)Nc1nc2cc(NS(=O)(=O)c3ccc(Br)cc3)ccc2s1. The number of sulfonamides is 1. The molecule has 136 valence electrons. The molecule has 9 heteroatoms. The van der Waals surface area contributed by atoms with Crippen molar-refractivity contribution < 1.29 is 13.2 Å². The number of amides is 1. The van der Waals surface area contributed by atoms with E-state index in [1.807, 2.05) is 0 Å². The molecule has 0 aliphatic rings. The maximum atomic E-state index is 12.5. The summed E-state index contributed by atoms with van der Waals surface area (Å²) in [5.41, 5.74) is 1.03. The van der Waals surface area contributed by atoms with Gasteiger partial charge in [0.2, 0.25) is 5.91 Å². The molecule has 0 fully saturated rings. The third kappa shape index (κ3) is 4.22. The van der Waals surface area contributed by atoms with E-state index in [1.165, 1.54) is 23.5 Å². The van der Waals surface area contributed by atoms with Crippen LogP contribution >= 0.6 is 27.3 Å². The number of aromatic nitrogens is 1. The van der Waals surface area contributed by atoms with E-state index in [1.54, 1.807) is 44.2 Å². The van der Waals surface area contributed by atoms with Crippen LogP contribution in [0.25, 0.3) is 10.2 Å². The molecule has 1 amide bonds. The first-order valence-electron chi connectivity index (χ1n) is 7.74. The van der Waals surface area contributed by atoms with Crippen molar-refractivity contribution in [2.24, 2.45) is 5.92 Å². The van der Waals surface area contributed by atoms with Gasteiger partial charge in [-0.05, 0) is 42.5 Å². The fraction of sp³-hybridized carbons (Fsp3) is 0.176. The molecular weight excluding hydrogens is 438 g/mol. The molecule has 3 rings (SSSR count). The second-order valence-electron chi connectivity index (χ2n) is 5.90. The lowest BCUT2D eigenvalue weighted by Gasteiger charge is -2.08. The van der Waals surface area contributed by atoms with E-state index in [-0.39, 0.29) is 16.7 Å². The van der Waals surface area contributed by atoms with E-state index in [2.05, 4.69) is 31.0 Å². The van der Waals surface area contributed by atoms with Gasteiger partial charge in [0.05, 0.1) is 20.8 Å². The highest BCUT2D eigenvalue weighted by Gasteiger charge is 2.15. The Morgan fingerprint density at radius 2 is 1.85 bits per heavy atom. The van der Waals surface area contributed by atoms with Crippen molar-refractivity contribution in [2.45, 2.75) is 18.7 Å². The first-order valence-corrected chi connectivity index (χ1v) is 10.8. The molecule has 0 spiro atoms. The van der Waals surface area contributed by atoms with Gasteiger partial charge < -0.3 is 5.32 Å². The van der Waals surface area contributed by atoms with Gasteiger partial charge in [0, 0.05) is 10.4 Å². The van der Waals surface area contributed by atoms with Crippen LogP contribution < -0.4 is 10.0 Å². The number of halogens is 1. The second-order valence-corrected chi connectivity index (χ2v) is 9.53. The number of hydrogen-bond donors (Lipinski definition) is 2. The van der Waals surface area contributed by atoms with Gasteiger partial charge in [0.15, 0.2) is 5.13 Å². The van der Waals surface area contributed by atoms with Gasteiger partial charge in [-0.1, -0.05) is 41.1 Å². The fourth-order valence-electron chi connectivity index (χ4n) is 2.12. The Kier molecular flexibility index (Phi) is 5.31. The van der Waals surface area contributed by atoms with Gasteiger partial charge in [-0.3, -0.25) is 9.52 Å². The van der Waals surface area contributed by atoms with Crippen LogP contribution in [0.3, 0.4) is 0 Å². The number of nitrogens with one attached hydrogen (secondary N) is 2. The summed E-state index contributed by atoms with van der Waals surface area (Å²) in [6.07, 6.45) is 0. The Bertz CT molecular complexity index is 1060. The lowest BCUT2D eigenvalue weighted by Crippen LogP contribution is -2.17. The molecule has 0 atom stereocenters. The zero-order valence-corrected chi connectivity index (χ0v) is 17.2. The maximum absolute atomic E-state index is 12.5. The predicted molar refractivity (Wildman–Crippen MR) is 108 cm³/mol. The number of anilines is 2. The summed E-state index contributed by atoms with van der Waals surface area (Å²) in [4.78, 5) is 16.3. The van der Waals surface area contributed by atoms with Gasteiger partial charge in [0.25, 0.3) is 10.0 Å².